The van der Waals surface area contributed by atoms with Crippen LogP contribution in [0.1, 0.15) is 45.2 Å². The summed E-state index contributed by atoms with van der Waals surface area (Å²) in [5.41, 5.74) is 5.44. The van der Waals surface area contributed by atoms with Crippen molar-refractivity contribution in [3.05, 3.63) is 47.5 Å². The zero-order valence-corrected chi connectivity index (χ0v) is 22.4. The molecule has 0 bridgehead atoms. The first-order valence-corrected chi connectivity index (χ1v) is 13.2. The highest BCUT2D eigenvalue weighted by molar-refractivity contribution is 7.92. The zero-order valence-electron chi connectivity index (χ0n) is 21.6. The van der Waals surface area contributed by atoms with Gasteiger partial charge >= 0.3 is 12.1 Å². The second-order valence-corrected chi connectivity index (χ2v) is 11.2. The highest BCUT2D eigenvalue weighted by Gasteiger charge is 2.38. The molecule has 2 aromatic rings. The molecule has 0 saturated carbocycles. The fraction of sp³-hybridized carbons (Fsp3) is 0.440. The molecule has 37 heavy (non-hydrogen) atoms. The van der Waals surface area contributed by atoms with Crippen LogP contribution in [0.2, 0.25) is 0 Å². The maximum absolute atomic E-state index is 13.1. The van der Waals surface area contributed by atoms with Gasteiger partial charge in [0.15, 0.2) is 0 Å². The number of benzene rings is 2. The second kappa shape index (κ2) is 11.8. The molecule has 2 unspecified atom stereocenters. The van der Waals surface area contributed by atoms with E-state index in [1.807, 2.05) is 6.92 Å². The van der Waals surface area contributed by atoms with Crippen LogP contribution < -0.4 is 20.9 Å². The monoisotopic (exact) mass is 542 g/mol. The normalized spacial score (nSPS) is 13.6. The van der Waals surface area contributed by atoms with Gasteiger partial charge in [-0.1, -0.05) is 33.8 Å². The molecule has 0 aliphatic carbocycles. The second-order valence-electron chi connectivity index (χ2n) is 9.53. The molecule has 2 atom stereocenters. The Kier molecular flexibility index (Phi) is 9.59. The van der Waals surface area contributed by atoms with Crippen molar-refractivity contribution >= 4 is 38.9 Å². The molecule has 4 N–H and O–H groups in total. The number of nitrogens with one attached hydrogen (secondary N) is 4. The van der Waals surface area contributed by atoms with Gasteiger partial charge in [-0.05, 0) is 73.1 Å². The number of hydrogen-bond donors (Lipinski definition) is 4. The summed E-state index contributed by atoms with van der Waals surface area (Å²) in [6.07, 6.45) is -4.74. The highest BCUT2D eigenvalue weighted by Crippen LogP contribution is 2.28. The van der Waals surface area contributed by atoms with Crippen LogP contribution in [0.15, 0.2) is 41.3 Å². The number of carbonyl (C=O) groups excluding carboxylic acids is 2. The van der Waals surface area contributed by atoms with E-state index < -0.39 is 22.1 Å². The standard InChI is InChI=1S/C25H33F3N4O4S/c1-14(2)18(6)15(3)12-23(33)29-21-13-22(17(5)11-16(21)4)37(35,36)32-20-9-7-19(8-10-20)30-31-24(34)25(26,27)28/h7-11,13-15,18,30,32H,12H2,1-6H3,(H,29,33)(H,31,34). The van der Waals surface area contributed by atoms with E-state index in [9.17, 15) is 31.2 Å². The van der Waals surface area contributed by atoms with Crippen molar-refractivity contribution in [2.45, 2.75) is 59.0 Å². The van der Waals surface area contributed by atoms with Gasteiger partial charge < -0.3 is 5.32 Å². The van der Waals surface area contributed by atoms with Crippen LogP contribution in [0.3, 0.4) is 0 Å². The van der Waals surface area contributed by atoms with Crippen LogP contribution in [0.5, 0.6) is 0 Å². The van der Waals surface area contributed by atoms with E-state index in [0.29, 0.717) is 35.1 Å². The Morgan fingerprint density at radius 2 is 1.49 bits per heavy atom. The third kappa shape index (κ3) is 8.38. The minimum atomic E-state index is -5.04. The Morgan fingerprint density at radius 1 is 0.919 bits per heavy atom. The largest absolute Gasteiger partial charge is 0.472 e. The molecule has 2 aromatic carbocycles. The van der Waals surface area contributed by atoms with E-state index in [0.717, 1.165) is 0 Å². The van der Waals surface area contributed by atoms with Crippen LogP contribution in [0.25, 0.3) is 0 Å². The Balaban J connectivity index is 2.15. The van der Waals surface area contributed by atoms with Crippen molar-refractivity contribution in [2.24, 2.45) is 17.8 Å². The minimum absolute atomic E-state index is 0.0309. The lowest BCUT2D eigenvalue weighted by Gasteiger charge is -2.23. The molecule has 0 heterocycles. The summed E-state index contributed by atoms with van der Waals surface area (Å²) in [6, 6.07) is 8.31. The molecular formula is C25H33F3N4O4S. The van der Waals surface area contributed by atoms with E-state index in [1.165, 1.54) is 35.8 Å². The number of hydrogen-bond acceptors (Lipinski definition) is 5. The van der Waals surface area contributed by atoms with E-state index in [-0.39, 0.29) is 28.1 Å². The number of aryl methyl sites for hydroxylation is 2. The molecule has 0 aromatic heterocycles. The van der Waals surface area contributed by atoms with Gasteiger partial charge in [-0.15, -0.1) is 0 Å². The zero-order chi connectivity index (χ0) is 28.1. The lowest BCUT2D eigenvalue weighted by atomic mass is 9.84. The summed E-state index contributed by atoms with van der Waals surface area (Å²) in [7, 11) is -4.06. The van der Waals surface area contributed by atoms with Crippen LogP contribution in [0, 0.1) is 31.6 Å². The Morgan fingerprint density at radius 3 is 2.03 bits per heavy atom. The number of carbonyl (C=O) groups is 2. The first kappa shape index (κ1) is 29.9. The van der Waals surface area contributed by atoms with E-state index in [1.54, 1.807) is 19.9 Å². The van der Waals surface area contributed by atoms with Crippen molar-refractivity contribution in [3.63, 3.8) is 0 Å². The smallest absolute Gasteiger partial charge is 0.326 e. The van der Waals surface area contributed by atoms with E-state index in [2.05, 4.69) is 36.2 Å². The van der Waals surface area contributed by atoms with Crippen LogP contribution in [-0.4, -0.2) is 26.4 Å². The molecule has 0 spiro atoms. The van der Waals surface area contributed by atoms with Gasteiger partial charge in [0.25, 0.3) is 10.0 Å². The average molecular weight is 543 g/mol. The summed E-state index contributed by atoms with van der Waals surface area (Å²) >= 11 is 0. The van der Waals surface area contributed by atoms with Crippen molar-refractivity contribution in [2.75, 3.05) is 15.5 Å². The van der Waals surface area contributed by atoms with Gasteiger partial charge in [-0.25, -0.2) is 8.42 Å². The third-order valence-corrected chi connectivity index (χ3v) is 7.78. The number of alkyl halides is 3. The summed E-state index contributed by atoms with van der Waals surface area (Å²) in [6.45, 7) is 11.7. The maximum Gasteiger partial charge on any atom is 0.472 e. The molecule has 204 valence electrons. The van der Waals surface area contributed by atoms with Crippen molar-refractivity contribution in [1.29, 1.82) is 0 Å². The number of hydrazine groups is 1. The Labute approximate surface area is 215 Å². The molecule has 12 heteroatoms. The van der Waals surface area contributed by atoms with E-state index >= 15 is 0 Å². The molecule has 0 radical (unpaired) electrons. The highest BCUT2D eigenvalue weighted by atomic mass is 32.2. The van der Waals surface area contributed by atoms with Gasteiger partial charge in [0, 0.05) is 17.8 Å². The summed E-state index contributed by atoms with van der Waals surface area (Å²) in [4.78, 5) is 23.5. The predicted octanol–water partition coefficient (Wildman–Crippen LogP) is 5.37. The van der Waals surface area contributed by atoms with Crippen LogP contribution in [-0.2, 0) is 19.6 Å². The first-order valence-electron chi connectivity index (χ1n) is 11.7. The van der Waals surface area contributed by atoms with Crippen molar-refractivity contribution in [1.82, 2.24) is 5.43 Å². The lowest BCUT2D eigenvalue weighted by molar-refractivity contribution is -0.173. The van der Waals surface area contributed by atoms with Gasteiger partial charge in [-0.3, -0.25) is 25.2 Å². The number of rotatable bonds is 10. The molecular weight excluding hydrogens is 509 g/mol. The Bertz CT molecular complexity index is 1230. The maximum atomic E-state index is 13.1. The Hall–Kier alpha value is -3.28. The number of amides is 2. The van der Waals surface area contributed by atoms with E-state index in [4.69, 9.17) is 0 Å². The van der Waals surface area contributed by atoms with Gasteiger partial charge in [0.2, 0.25) is 5.91 Å². The molecule has 2 rings (SSSR count). The lowest BCUT2D eigenvalue weighted by Crippen LogP contribution is -2.40. The third-order valence-electron chi connectivity index (χ3n) is 6.26. The molecule has 0 aliphatic heterocycles. The first-order chi connectivity index (χ1) is 17.0. The van der Waals surface area contributed by atoms with Crippen LogP contribution in [0.4, 0.5) is 30.2 Å². The SMILES string of the molecule is Cc1cc(C)c(S(=O)(=O)Nc2ccc(NNC(=O)C(F)(F)F)cc2)cc1NC(=O)CC(C)C(C)C(C)C. The molecule has 0 saturated heterocycles. The molecule has 0 fully saturated rings. The van der Waals surface area contributed by atoms with Crippen molar-refractivity contribution in [3.8, 4) is 0 Å². The topological polar surface area (TPSA) is 116 Å². The van der Waals surface area contributed by atoms with Gasteiger partial charge in [0.05, 0.1) is 10.6 Å². The minimum Gasteiger partial charge on any atom is -0.326 e. The fourth-order valence-electron chi connectivity index (χ4n) is 3.62. The van der Waals surface area contributed by atoms with Crippen LogP contribution >= 0.6 is 0 Å². The van der Waals surface area contributed by atoms with Crippen molar-refractivity contribution < 1.29 is 31.2 Å². The number of anilines is 3. The summed E-state index contributed by atoms with van der Waals surface area (Å²) < 4.78 is 65.5. The average Bonchev–Trinajstić information content (AvgIpc) is 2.78. The quantitative estimate of drug-likeness (QED) is 0.302. The fourth-order valence-corrected chi connectivity index (χ4v) is 4.94. The molecule has 0 aliphatic rings. The van der Waals surface area contributed by atoms with Gasteiger partial charge in [-0.2, -0.15) is 13.2 Å². The summed E-state index contributed by atoms with van der Waals surface area (Å²) in [5.74, 6) is -1.46. The number of sulfonamides is 1. The van der Waals surface area contributed by atoms with Gasteiger partial charge in [0.1, 0.15) is 0 Å². The summed E-state index contributed by atoms with van der Waals surface area (Å²) in [5, 5.41) is 2.83. The molecule has 8 nitrogen and oxygen atoms in total. The molecule has 2 amide bonds. The predicted molar refractivity (Wildman–Crippen MR) is 137 cm³/mol. The number of halogens is 3.